The minimum atomic E-state index is 0.718. The lowest BCUT2D eigenvalue weighted by molar-refractivity contribution is 1.23. The number of hydrogen-bond donors (Lipinski definition) is 0. The van der Waals surface area contributed by atoms with Crippen molar-refractivity contribution in [2.45, 2.75) is 0 Å². The van der Waals surface area contributed by atoms with Gasteiger partial charge in [0.2, 0.25) is 0 Å². The van der Waals surface area contributed by atoms with E-state index >= 15 is 0 Å². The molecule has 1 heterocycles. The van der Waals surface area contributed by atoms with Gasteiger partial charge in [0.1, 0.15) is 0 Å². The van der Waals surface area contributed by atoms with E-state index in [1.807, 2.05) is 0 Å². The molecule has 0 unspecified atom stereocenters. The van der Waals surface area contributed by atoms with Gasteiger partial charge in [-0.3, -0.25) is 0 Å². The summed E-state index contributed by atoms with van der Waals surface area (Å²) in [6.45, 7) is 0. The van der Waals surface area contributed by atoms with E-state index in [2.05, 4.69) is 206 Å². The Kier molecular flexibility index (Phi) is 7.85. The highest BCUT2D eigenvalue weighted by molar-refractivity contribution is 6.10. The Morgan fingerprint density at radius 3 is 1.35 bits per heavy atom. The molecule has 2 nitrogen and oxygen atoms in total. The van der Waals surface area contributed by atoms with Crippen molar-refractivity contribution in [3.63, 3.8) is 0 Å². The van der Waals surface area contributed by atoms with Crippen LogP contribution in [-0.2, 0) is 0 Å². The van der Waals surface area contributed by atoms with E-state index in [1.54, 1.807) is 0 Å². The number of benzene rings is 9. The van der Waals surface area contributed by atoms with Crippen LogP contribution in [0, 0.1) is 0 Å². The fourth-order valence-electron chi connectivity index (χ4n) is 7.63. The molecule has 54 heavy (non-hydrogen) atoms. The van der Waals surface area contributed by atoms with Gasteiger partial charge < -0.3 is 0 Å². The van der Waals surface area contributed by atoms with Crippen LogP contribution in [0.2, 0.25) is 0 Å². The molecule has 0 spiro atoms. The molecular formula is C52H34N2. The second-order valence-corrected chi connectivity index (χ2v) is 13.8. The summed E-state index contributed by atoms with van der Waals surface area (Å²) in [6.07, 6.45) is 0. The van der Waals surface area contributed by atoms with E-state index in [0.29, 0.717) is 0 Å². The van der Waals surface area contributed by atoms with Crippen LogP contribution in [0.1, 0.15) is 0 Å². The zero-order valence-corrected chi connectivity index (χ0v) is 29.5. The van der Waals surface area contributed by atoms with Crippen LogP contribution in [0.25, 0.3) is 99.6 Å². The molecule has 0 amide bonds. The molecule has 0 radical (unpaired) electrons. The summed E-state index contributed by atoms with van der Waals surface area (Å²) in [5.41, 5.74) is 13.5. The van der Waals surface area contributed by atoms with Gasteiger partial charge in [0.05, 0.1) is 11.2 Å². The fourth-order valence-corrected chi connectivity index (χ4v) is 7.63. The van der Waals surface area contributed by atoms with Gasteiger partial charge in [0, 0.05) is 21.9 Å². The van der Waals surface area contributed by atoms with Crippen molar-refractivity contribution < 1.29 is 0 Å². The molecule has 0 aliphatic carbocycles. The largest absolute Gasteiger partial charge is 0.227 e. The monoisotopic (exact) mass is 686 g/mol. The minimum Gasteiger partial charge on any atom is -0.227 e. The summed E-state index contributed by atoms with van der Waals surface area (Å²) in [4.78, 5) is 10.5. The highest BCUT2D eigenvalue weighted by Gasteiger charge is 2.15. The second-order valence-electron chi connectivity index (χ2n) is 13.8. The zero-order chi connectivity index (χ0) is 35.8. The van der Waals surface area contributed by atoms with Gasteiger partial charge in [0.15, 0.2) is 5.82 Å². The number of hydrogen-bond acceptors (Lipinski definition) is 2. The normalized spacial score (nSPS) is 11.3. The van der Waals surface area contributed by atoms with Crippen molar-refractivity contribution in [2.75, 3.05) is 0 Å². The summed E-state index contributed by atoms with van der Waals surface area (Å²) in [6, 6.07) is 73.5. The third-order valence-electron chi connectivity index (χ3n) is 10.5. The molecule has 9 aromatic carbocycles. The van der Waals surface area contributed by atoms with Gasteiger partial charge >= 0.3 is 0 Å². The summed E-state index contributed by atoms with van der Waals surface area (Å²) in [5.74, 6) is 0.718. The van der Waals surface area contributed by atoms with E-state index in [-0.39, 0.29) is 0 Å². The molecule has 0 aliphatic heterocycles. The van der Waals surface area contributed by atoms with Crippen LogP contribution < -0.4 is 0 Å². The maximum atomic E-state index is 5.26. The molecule has 0 atom stereocenters. The van der Waals surface area contributed by atoms with Gasteiger partial charge in [0.25, 0.3) is 0 Å². The van der Waals surface area contributed by atoms with Gasteiger partial charge in [-0.15, -0.1) is 0 Å². The summed E-state index contributed by atoms with van der Waals surface area (Å²) in [7, 11) is 0. The van der Waals surface area contributed by atoms with Crippen molar-refractivity contribution in [1.82, 2.24) is 9.97 Å². The molecule has 10 aromatic rings. The maximum Gasteiger partial charge on any atom is 0.160 e. The van der Waals surface area contributed by atoms with Gasteiger partial charge in [-0.2, -0.15) is 0 Å². The van der Waals surface area contributed by atoms with Crippen LogP contribution in [0.4, 0.5) is 0 Å². The molecule has 0 saturated carbocycles. The molecule has 252 valence electrons. The Balaban J connectivity index is 1.00. The summed E-state index contributed by atoms with van der Waals surface area (Å²) >= 11 is 0. The predicted octanol–water partition coefficient (Wildman–Crippen LogP) is 13.9. The number of aromatic nitrogens is 2. The first-order valence-corrected chi connectivity index (χ1v) is 18.4. The molecule has 0 saturated heterocycles. The van der Waals surface area contributed by atoms with E-state index in [1.165, 1.54) is 49.5 Å². The minimum absolute atomic E-state index is 0.718. The molecule has 0 aliphatic rings. The second kappa shape index (κ2) is 13.4. The molecule has 1 aromatic heterocycles. The first-order chi connectivity index (χ1) is 26.7. The SMILES string of the molecule is c1ccc(-c2cccc(-c3cccc(-c4cccc(-c5ccc(-c6nc(-c7ccc8ccccc8c7)c7ccc8ccccc8c7n6)cc5)c4)c3)c2)cc1. The predicted molar refractivity (Wildman–Crippen MR) is 227 cm³/mol. The maximum absolute atomic E-state index is 5.26. The van der Waals surface area contributed by atoms with Crippen LogP contribution in [-0.4, -0.2) is 9.97 Å². The Morgan fingerprint density at radius 2 is 0.704 bits per heavy atom. The van der Waals surface area contributed by atoms with Crippen LogP contribution in [0.15, 0.2) is 206 Å². The third-order valence-corrected chi connectivity index (χ3v) is 10.5. The topological polar surface area (TPSA) is 25.8 Å². The molecule has 0 bridgehead atoms. The Labute approximate surface area is 314 Å². The van der Waals surface area contributed by atoms with E-state index in [4.69, 9.17) is 9.97 Å². The zero-order valence-electron chi connectivity index (χ0n) is 29.5. The van der Waals surface area contributed by atoms with Crippen molar-refractivity contribution in [3.05, 3.63) is 206 Å². The van der Waals surface area contributed by atoms with Crippen LogP contribution >= 0.6 is 0 Å². The van der Waals surface area contributed by atoms with Crippen LogP contribution in [0.5, 0.6) is 0 Å². The lowest BCUT2D eigenvalue weighted by Gasteiger charge is -2.13. The Hall–Kier alpha value is -7.16. The van der Waals surface area contributed by atoms with Crippen molar-refractivity contribution in [1.29, 1.82) is 0 Å². The average Bonchev–Trinajstić information content (AvgIpc) is 3.26. The third kappa shape index (κ3) is 5.90. The molecular weight excluding hydrogens is 653 g/mol. The molecule has 10 rings (SSSR count). The number of rotatable bonds is 6. The fraction of sp³-hybridized carbons (Fsp3) is 0. The quantitative estimate of drug-likeness (QED) is 0.163. The highest BCUT2D eigenvalue weighted by Crippen LogP contribution is 2.36. The number of nitrogens with zero attached hydrogens (tertiary/aromatic N) is 2. The van der Waals surface area contributed by atoms with Gasteiger partial charge in [-0.05, 0) is 91.0 Å². The van der Waals surface area contributed by atoms with Crippen LogP contribution in [0.3, 0.4) is 0 Å². The van der Waals surface area contributed by atoms with E-state index in [9.17, 15) is 0 Å². The lowest BCUT2D eigenvalue weighted by Crippen LogP contribution is -1.96. The summed E-state index contributed by atoms with van der Waals surface area (Å²) < 4.78 is 0. The first-order valence-electron chi connectivity index (χ1n) is 18.4. The Bertz CT molecular complexity index is 2980. The summed E-state index contributed by atoms with van der Waals surface area (Å²) in [5, 5.41) is 5.75. The molecule has 0 fully saturated rings. The van der Waals surface area contributed by atoms with E-state index in [0.717, 1.165) is 50.1 Å². The Morgan fingerprint density at radius 1 is 0.241 bits per heavy atom. The van der Waals surface area contributed by atoms with Crippen molar-refractivity contribution >= 4 is 32.4 Å². The average molecular weight is 687 g/mol. The first kappa shape index (κ1) is 31.6. The van der Waals surface area contributed by atoms with Crippen molar-refractivity contribution in [2.24, 2.45) is 0 Å². The van der Waals surface area contributed by atoms with E-state index < -0.39 is 0 Å². The van der Waals surface area contributed by atoms with Crippen molar-refractivity contribution in [3.8, 4) is 67.2 Å². The molecule has 2 heteroatoms. The smallest absolute Gasteiger partial charge is 0.160 e. The lowest BCUT2D eigenvalue weighted by atomic mass is 9.94. The van der Waals surface area contributed by atoms with Gasteiger partial charge in [-0.1, -0.05) is 176 Å². The highest BCUT2D eigenvalue weighted by atomic mass is 14.9. The number of fused-ring (bicyclic) bond motifs is 4. The molecule has 0 N–H and O–H groups in total. The standard InChI is InChI=1S/C52H34N2/c1-2-11-35(12-3-1)41-16-8-18-43(31-41)45-20-10-21-46(33-45)44-19-9-17-42(32-44)37-23-26-39(27-24-37)52-53-50(47-28-25-36-13-4-5-15-40(36)34-47)49-30-29-38-14-6-7-22-48(38)51(49)54-52/h1-34H. The van der Waals surface area contributed by atoms with Gasteiger partial charge in [-0.25, -0.2) is 9.97 Å².